The maximum atomic E-state index is 11.9. The fourth-order valence-electron chi connectivity index (χ4n) is 1.83. The molecule has 0 bridgehead atoms. The van der Waals surface area contributed by atoms with Crippen LogP contribution < -0.4 is 5.32 Å². The standard InChI is InChI=1S/C15H18N2O2/c1-15(2,10-18)17-14(19)9-12-8-7-11-5-3-4-6-13(11)16-12/h3-8,18H,9-10H2,1-2H3,(H,17,19). The lowest BCUT2D eigenvalue weighted by Gasteiger charge is -2.23. The number of hydrogen-bond acceptors (Lipinski definition) is 3. The van der Waals surface area contributed by atoms with E-state index in [1.807, 2.05) is 36.4 Å². The molecule has 0 aliphatic heterocycles. The summed E-state index contributed by atoms with van der Waals surface area (Å²) in [6, 6.07) is 11.6. The van der Waals surface area contributed by atoms with E-state index < -0.39 is 5.54 Å². The number of rotatable bonds is 4. The Balaban J connectivity index is 2.11. The molecule has 0 radical (unpaired) electrons. The molecule has 0 saturated heterocycles. The van der Waals surface area contributed by atoms with E-state index in [1.165, 1.54) is 0 Å². The van der Waals surface area contributed by atoms with Crippen molar-refractivity contribution in [2.45, 2.75) is 25.8 Å². The fourth-order valence-corrected chi connectivity index (χ4v) is 1.83. The van der Waals surface area contributed by atoms with Crippen LogP contribution in [0.25, 0.3) is 10.9 Å². The lowest BCUT2D eigenvalue weighted by molar-refractivity contribution is -0.122. The van der Waals surface area contributed by atoms with Gasteiger partial charge in [-0.2, -0.15) is 0 Å². The smallest absolute Gasteiger partial charge is 0.226 e. The van der Waals surface area contributed by atoms with Gasteiger partial charge in [-0.1, -0.05) is 24.3 Å². The number of amides is 1. The van der Waals surface area contributed by atoms with Crippen LogP contribution in [0, 0.1) is 0 Å². The van der Waals surface area contributed by atoms with Gasteiger partial charge in [-0.15, -0.1) is 0 Å². The van der Waals surface area contributed by atoms with E-state index in [1.54, 1.807) is 13.8 Å². The number of aromatic nitrogens is 1. The highest BCUT2D eigenvalue weighted by atomic mass is 16.3. The first-order valence-electron chi connectivity index (χ1n) is 6.27. The number of para-hydroxylation sites is 1. The third-order valence-corrected chi connectivity index (χ3v) is 2.87. The quantitative estimate of drug-likeness (QED) is 0.876. The number of pyridine rings is 1. The van der Waals surface area contributed by atoms with E-state index in [4.69, 9.17) is 5.11 Å². The van der Waals surface area contributed by atoms with Gasteiger partial charge in [-0.05, 0) is 26.0 Å². The number of aliphatic hydroxyl groups is 1. The average molecular weight is 258 g/mol. The van der Waals surface area contributed by atoms with Crippen LogP contribution in [0.3, 0.4) is 0 Å². The van der Waals surface area contributed by atoms with Crippen molar-refractivity contribution >= 4 is 16.8 Å². The zero-order chi connectivity index (χ0) is 13.9. The van der Waals surface area contributed by atoms with Crippen molar-refractivity contribution < 1.29 is 9.90 Å². The topological polar surface area (TPSA) is 62.2 Å². The summed E-state index contributed by atoms with van der Waals surface area (Å²) < 4.78 is 0. The number of nitrogens with one attached hydrogen (secondary N) is 1. The van der Waals surface area contributed by atoms with Crippen LogP contribution in [0.2, 0.25) is 0 Å². The Morgan fingerprint density at radius 3 is 2.74 bits per heavy atom. The maximum Gasteiger partial charge on any atom is 0.226 e. The highest BCUT2D eigenvalue weighted by molar-refractivity contribution is 5.81. The number of aliphatic hydroxyl groups excluding tert-OH is 1. The van der Waals surface area contributed by atoms with Crippen LogP contribution >= 0.6 is 0 Å². The molecule has 0 saturated carbocycles. The van der Waals surface area contributed by atoms with Gasteiger partial charge >= 0.3 is 0 Å². The van der Waals surface area contributed by atoms with E-state index in [0.717, 1.165) is 16.6 Å². The fraction of sp³-hybridized carbons (Fsp3) is 0.333. The van der Waals surface area contributed by atoms with E-state index in [-0.39, 0.29) is 18.9 Å². The molecule has 0 aliphatic rings. The van der Waals surface area contributed by atoms with E-state index >= 15 is 0 Å². The molecule has 100 valence electrons. The third kappa shape index (κ3) is 3.51. The van der Waals surface area contributed by atoms with Gasteiger partial charge in [0.15, 0.2) is 0 Å². The SMILES string of the molecule is CC(C)(CO)NC(=O)Cc1ccc2ccccc2n1. The Bertz CT molecular complexity index is 593. The van der Waals surface area contributed by atoms with Crippen molar-refractivity contribution in [1.82, 2.24) is 10.3 Å². The van der Waals surface area contributed by atoms with E-state index in [0.29, 0.717) is 0 Å². The molecule has 0 atom stereocenters. The number of nitrogens with zero attached hydrogens (tertiary/aromatic N) is 1. The summed E-state index contributed by atoms with van der Waals surface area (Å²) in [6.45, 7) is 3.46. The molecule has 0 unspecified atom stereocenters. The monoisotopic (exact) mass is 258 g/mol. The van der Waals surface area contributed by atoms with E-state index in [9.17, 15) is 4.79 Å². The summed E-state index contributed by atoms with van der Waals surface area (Å²) in [6.07, 6.45) is 0.217. The maximum absolute atomic E-state index is 11.9. The van der Waals surface area contributed by atoms with Crippen LogP contribution in [-0.2, 0) is 11.2 Å². The Hall–Kier alpha value is -1.94. The van der Waals surface area contributed by atoms with Crippen LogP contribution in [-0.4, -0.2) is 28.1 Å². The Morgan fingerprint density at radius 2 is 2.00 bits per heavy atom. The third-order valence-electron chi connectivity index (χ3n) is 2.87. The summed E-state index contributed by atoms with van der Waals surface area (Å²) in [7, 11) is 0. The number of benzene rings is 1. The molecule has 0 spiro atoms. The van der Waals surface area contributed by atoms with Crippen molar-refractivity contribution in [1.29, 1.82) is 0 Å². The van der Waals surface area contributed by atoms with Crippen molar-refractivity contribution in [3.8, 4) is 0 Å². The first-order chi connectivity index (χ1) is 9.00. The van der Waals surface area contributed by atoms with Crippen LogP contribution in [0.4, 0.5) is 0 Å². The second kappa shape index (κ2) is 5.36. The summed E-state index contributed by atoms with van der Waals surface area (Å²) >= 11 is 0. The van der Waals surface area contributed by atoms with Gasteiger partial charge in [-0.25, -0.2) is 0 Å². The second-order valence-electron chi connectivity index (χ2n) is 5.26. The van der Waals surface area contributed by atoms with Crippen LogP contribution in [0.5, 0.6) is 0 Å². The average Bonchev–Trinajstić information content (AvgIpc) is 2.38. The van der Waals surface area contributed by atoms with Crippen LogP contribution in [0.1, 0.15) is 19.5 Å². The molecule has 4 heteroatoms. The second-order valence-corrected chi connectivity index (χ2v) is 5.26. The molecule has 1 heterocycles. The molecular weight excluding hydrogens is 240 g/mol. The van der Waals surface area contributed by atoms with Gasteiger partial charge in [-0.3, -0.25) is 9.78 Å². The molecule has 2 aromatic rings. The minimum Gasteiger partial charge on any atom is -0.394 e. The molecule has 1 aromatic carbocycles. The molecule has 19 heavy (non-hydrogen) atoms. The number of carbonyl (C=O) groups is 1. The van der Waals surface area contributed by atoms with Gasteiger partial charge in [0, 0.05) is 5.39 Å². The summed E-state index contributed by atoms with van der Waals surface area (Å²) in [5.41, 5.74) is 1.01. The highest BCUT2D eigenvalue weighted by Crippen LogP contribution is 2.12. The predicted molar refractivity (Wildman–Crippen MR) is 74.8 cm³/mol. The van der Waals surface area contributed by atoms with Gasteiger partial charge < -0.3 is 10.4 Å². The molecule has 2 rings (SSSR count). The Kier molecular flexibility index (Phi) is 3.81. The first-order valence-corrected chi connectivity index (χ1v) is 6.27. The molecular formula is C15H18N2O2. The highest BCUT2D eigenvalue weighted by Gasteiger charge is 2.19. The van der Waals surface area contributed by atoms with Gasteiger partial charge in [0.25, 0.3) is 0 Å². The van der Waals surface area contributed by atoms with Gasteiger partial charge in [0.1, 0.15) is 0 Å². The largest absolute Gasteiger partial charge is 0.394 e. The van der Waals surface area contributed by atoms with Crippen molar-refractivity contribution in [3.05, 3.63) is 42.1 Å². The molecule has 4 nitrogen and oxygen atoms in total. The first kappa shape index (κ1) is 13.5. The molecule has 1 aromatic heterocycles. The van der Waals surface area contributed by atoms with Crippen molar-refractivity contribution in [2.24, 2.45) is 0 Å². The molecule has 0 fully saturated rings. The summed E-state index contributed by atoms with van der Waals surface area (Å²) in [5, 5.41) is 13.0. The Labute approximate surface area is 112 Å². The summed E-state index contributed by atoms with van der Waals surface area (Å²) in [4.78, 5) is 16.3. The lowest BCUT2D eigenvalue weighted by Crippen LogP contribution is -2.46. The number of fused-ring (bicyclic) bond motifs is 1. The van der Waals surface area contributed by atoms with Gasteiger partial charge in [0.05, 0.1) is 29.8 Å². The Morgan fingerprint density at radius 1 is 1.26 bits per heavy atom. The minimum absolute atomic E-state index is 0.0934. The predicted octanol–water partition coefficient (Wildman–Crippen LogP) is 1.66. The van der Waals surface area contributed by atoms with Crippen molar-refractivity contribution in [3.63, 3.8) is 0 Å². The normalized spacial score (nSPS) is 11.5. The minimum atomic E-state index is -0.603. The molecule has 1 amide bonds. The van der Waals surface area contributed by atoms with Crippen molar-refractivity contribution in [2.75, 3.05) is 6.61 Å². The lowest BCUT2D eigenvalue weighted by atomic mass is 10.1. The van der Waals surface area contributed by atoms with E-state index in [2.05, 4.69) is 10.3 Å². The molecule has 2 N–H and O–H groups in total. The zero-order valence-electron chi connectivity index (χ0n) is 11.2. The van der Waals surface area contributed by atoms with Gasteiger partial charge in [0.2, 0.25) is 5.91 Å². The zero-order valence-corrected chi connectivity index (χ0v) is 11.2. The van der Waals surface area contributed by atoms with Crippen LogP contribution in [0.15, 0.2) is 36.4 Å². The summed E-state index contributed by atoms with van der Waals surface area (Å²) in [5.74, 6) is -0.137. The number of carbonyl (C=O) groups excluding carboxylic acids is 1. The number of hydrogen-bond donors (Lipinski definition) is 2. The molecule has 0 aliphatic carbocycles.